The summed E-state index contributed by atoms with van der Waals surface area (Å²) in [6, 6.07) is 3.69. The summed E-state index contributed by atoms with van der Waals surface area (Å²) in [5.74, 6) is 0. The van der Waals surface area contributed by atoms with E-state index < -0.39 is 0 Å². The largest absolute Gasteiger partial charge is 0.354 e. The summed E-state index contributed by atoms with van der Waals surface area (Å²) in [4.78, 5) is 0. The van der Waals surface area contributed by atoms with E-state index in [1.807, 2.05) is 24.5 Å². The van der Waals surface area contributed by atoms with E-state index in [1.54, 1.807) is 0 Å². The number of hydrogen-bond donors (Lipinski definition) is 1. The summed E-state index contributed by atoms with van der Waals surface area (Å²) in [7, 11) is 0. The minimum absolute atomic E-state index is 0. The molecule has 1 aromatic rings. The maximum absolute atomic E-state index is 7.37. The normalized spacial score (nSPS) is 9.81. The number of halogens is 1. The fourth-order valence-corrected chi connectivity index (χ4v) is 1.68. The highest BCUT2D eigenvalue weighted by Crippen LogP contribution is 2.05. The van der Waals surface area contributed by atoms with Gasteiger partial charge in [-0.05, 0) is 18.6 Å². The van der Waals surface area contributed by atoms with Gasteiger partial charge < -0.3 is 9.98 Å². The van der Waals surface area contributed by atoms with Gasteiger partial charge in [0.1, 0.15) is 0 Å². The monoisotopic (exact) mass is 286 g/mol. The van der Waals surface area contributed by atoms with Gasteiger partial charge in [0.2, 0.25) is 0 Å². The number of unbranched alkanes of at least 4 members (excludes halogenated alkanes) is 5. The van der Waals surface area contributed by atoms with E-state index >= 15 is 0 Å². The lowest BCUT2D eigenvalue weighted by molar-refractivity contribution is 0.556. The SMILES string of the molecule is Br.CCCCCCCCn1ccc(=N)cc1. The van der Waals surface area contributed by atoms with Crippen molar-refractivity contribution < 1.29 is 0 Å². The molecule has 0 fully saturated rings. The van der Waals surface area contributed by atoms with E-state index in [-0.39, 0.29) is 17.0 Å². The molecule has 0 saturated carbocycles. The Bertz CT molecular complexity index is 299. The molecule has 1 heterocycles. The first-order valence-corrected chi connectivity index (χ1v) is 6.03. The van der Waals surface area contributed by atoms with Gasteiger partial charge in [-0.1, -0.05) is 39.0 Å². The number of aryl methyl sites for hydroxylation is 1. The van der Waals surface area contributed by atoms with Crippen molar-refractivity contribution in [1.82, 2.24) is 4.57 Å². The van der Waals surface area contributed by atoms with E-state index in [1.165, 1.54) is 38.5 Å². The van der Waals surface area contributed by atoms with Gasteiger partial charge in [-0.2, -0.15) is 0 Å². The zero-order valence-corrected chi connectivity index (χ0v) is 11.8. The summed E-state index contributed by atoms with van der Waals surface area (Å²) >= 11 is 0. The standard InChI is InChI=1S/C13H22N2.BrH/c1-2-3-4-5-6-7-10-15-11-8-13(14)9-12-15;/h8-9,11-12,14H,2-7,10H2,1H3;1H. The van der Waals surface area contributed by atoms with Crippen LogP contribution in [0.5, 0.6) is 0 Å². The molecule has 0 spiro atoms. The molecule has 2 nitrogen and oxygen atoms in total. The second-order valence-electron chi connectivity index (χ2n) is 4.09. The summed E-state index contributed by atoms with van der Waals surface area (Å²) in [6.45, 7) is 3.34. The zero-order chi connectivity index (χ0) is 10.9. The Hall–Kier alpha value is -0.570. The highest BCUT2D eigenvalue weighted by molar-refractivity contribution is 8.93. The number of rotatable bonds is 7. The van der Waals surface area contributed by atoms with Crippen molar-refractivity contribution in [2.75, 3.05) is 0 Å². The van der Waals surface area contributed by atoms with Crippen molar-refractivity contribution in [1.29, 1.82) is 5.41 Å². The third kappa shape index (κ3) is 6.83. The van der Waals surface area contributed by atoms with E-state index in [4.69, 9.17) is 5.41 Å². The molecule has 0 aromatic carbocycles. The van der Waals surface area contributed by atoms with E-state index in [2.05, 4.69) is 11.5 Å². The molecular weight excluding hydrogens is 264 g/mol. The first-order chi connectivity index (χ1) is 7.33. The molecule has 0 bridgehead atoms. The van der Waals surface area contributed by atoms with Crippen molar-refractivity contribution >= 4 is 17.0 Å². The Balaban J connectivity index is 0.00000225. The molecular formula is C13H23BrN2. The number of pyridine rings is 1. The fraction of sp³-hybridized carbons (Fsp3) is 0.615. The lowest BCUT2D eigenvalue weighted by Crippen LogP contribution is -2.03. The predicted octanol–water partition coefficient (Wildman–Crippen LogP) is 3.91. The number of nitrogens with one attached hydrogen (secondary N) is 1. The smallest absolute Gasteiger partial charge is 0.0568 e. The van der Waals surface area contributed by atoms with Gasteiger partial charge in [-0.25, -0.2) is 0 Å². The Kier molecular flexibility index (Phi) is 9.30. The molecule has 0 radical (unpaired) electrons. The molecule has 3 heteroatoms. The van der Waals surface area contributed by atoms with E-state index in [9.17, 15) is 0 Å². The molecule has 0 aliphatic carbocycles. The third-order valence-corrected chi connectivity index (χ3v) is 2.66. The van der Waals surface area contributed by atoms with Crippen LogP contribution in [0.1, 0.15) is 45.4 Å². The van der Waals surface area contributed by atoms with Crippen molar-refractivity contribution in [3.63, 3.8) is 0 Å². The third-order valence-electron chi connectivity index (χ3n) is 2.66. The maximum atomic E-state index is 7.37. The molecule has 0 unspecified atom stereocenters. The molecule has 16 heavy (non-hydrogen) atoms. The van der Waals surface area contributed by atoms with Gasteiger partial charge in [0.25, 0.3) is 0 Å². The van der Waals surface area contributed by atoms with Gasteiger partial charge in [0.05, 0.1) is 5.36 Å². The topological polar surface area (TPSA) is 28.8 Å². The van der Waals surface area contributed by atoms with Crippen LogP contribution in [0.3, 0.4) is 0 Å². The minimum Gasteiger partial charge on any atom is -0.354 e. The Labute approximate surface area is 109 Å². The number of aromatic nitrogens is 1. The molecule has 0 atom stereocenters. The molecule has 1 N–H and O–H groups in total. The molecule has 92 valence electrons. The van der Waals surface area contributed by atoms with Crippen molar-refractivity contribution in [2.45, 2.75) is 52.0 Å². The predicted molar refractivity (Wildman–Crippen MR) is 74.0 cm³/mol. The molecule has 1 rings (SSSR count). The van der Waals surface area contributed by atoms with Gasteiger partial charge in [0.15, 0.2) is 0 Å². The molecule has 0 aliphatic heterocycles. The van der Waals surface area contributed by atoms with Crippen LogP contribution in [0, 0.1) is 5.41 Å². The summed E-state index contributed by atoms with van der Waals surface area (Å²) in [5.41, 5.74) is 0. The first kappa shape index (κ1) is 15.4. The van der Waals surface area contributed by atoms with Crippen molar-refractivity contribution in [2.24, 2.45) is 0 Å². The van der Waals surface area contributed by atoms with E-state index in [0.29, 0.717) is 5.36 Å². The van der Waals surface area contributed by atoms with Crippen LogP contribution in [0.4, 0.5) is 0 Å². The fourth-order valence-electron chi connectivity index (χ4n) is 1.68. The molecule has 1 aromatic heterocycles. The van der Waals surface area contributed by atoms with Crippen molar-refractivity contribution in [3.8, 4) is 0 Å². The zero-order valence-electron chi connectivity index (χ0n) is 10.1. The maximum Gasteiger partial charge on any atom is 0.0568 e. The van der Waals surface area contributed by atoms with E-state index in [0.717, 1.165) is 6.54 Å². The Morgan fingerprint density at radius 3 is 2.19 bits per heavy atom. The summed E-state index contributed by atoms with van der Waals surface area (Å²) in [5, 5.41) is 7.96. The average Bonchev–Trinajstić information content (AvgIpc) is 2.26. The average molecular weight is 287 g/mol. The number of nitrogens with zero attached hydrogens (tertiary/aromatic N) is 1. The number of hydrogen-bond acceptors (Lipinski definition) is 1. The van der Waals surface area contributed by atoms with Gasteiger partial charge in [-0.15, -0.1) is 17.0 Å². The first-order valence-electron chi connectivity index (χ1n) is 6.03. The quantitative estimate of drug-likeness (QED) is 0.737. The second kappa shape index (κ2) is 9.64. The highest BCUT2D eigenvalue weighted by Gasteiger charge is 1.91. The van der Waals surface area contributed by atoms with Crippen LogP contribution in [0.25, 0.3) is 0 Å². The van der Waals surface area contributed by atoms with Crippen LogP contribution in [0.2, 0.25) is 0 Å². The lowest BCUT2D eigenvalue weighted by atomic mass is 10.1. The summed E-state index contributed by atoms with van der Waals surface area (Å²) in [6.07, 6.45) is 12.0. The van der Waals surface area contributed by atoms with Crippen LogP contribution in [-0.2, 0) is 6.54 Å². The lowest BCUT2D eigenvalue weighted by Gasteiger charge is -2.05. The van der Waals surface area contributed by atoms with Crippen LogP contribution >= 0.6 is 17.0 Å². The van der Waals surface area contributed by atoms with Gasteiger partial charge in [-0.3, -0.25) is 0 Å². The minimum atomic E-state index is 0. The second-order valence-corrected chi connectivity index (χ2v) is 4.09. The molecule has 0 saturated heterocycles. The molecule has 0 amide bonds. The summed E-state index contributed by atoms with van der Waals surface area (Å²) < 4.78 is 2.16. The van der Waals surface area contributed by atoms with Crippen molar-refractivity contribution in [3.05, 3.63) is 29.9 Å². The molecule has 0 aliphatic rings. The Morgan fingerprint density at radius 1 is 1.00 bits per heavy atom. The highest BCUT2D eigenvalue weighted by atomic mass is 79.9. The van der Waals surface area contributed by atoms with Crippen LogP contribution < -0.4 is 5.36 Å². The van der Waals surface area contributed by atoms with Gasteiger partial charge >= 0.3 is 0 Å². The van der Waals surface area contributed by atoms with Crippen LogP contribution in [-0.4, -0.2) is 4.57 Å². The van der Waals surface area contributed by atoms with Crippen LogP contribution in [0.15, 0.2) is 24.5 Å². The van der Waals surface area contributed by atoms with Gasteiger partial charge in [0, 0.05) is 18.9 Å². The Morgan fingerprint density at radius 2 is 1.56 bits per heavy atom.